The third kappa shape index (κ3) is 6.05. The summed E-state index contributed by atoms with van der Waals surface area (Å²) in [5, 5.41) is 11.9. The highest BCUT2D eigenvalue weighted by atomic mass is 16.2. The lowest BCUT2D eigenvalue weighted by molar-refractivity contribution is 0.284. The highest BCUT2D eigenvalue weighted by molar-refractivity contribution is 5.48. The van der Waals surface area contributed by atoms with Gasteiger partial charge in [-0.25, -0.2) is 0 Å². The zero-order chi connectivity index (χ0) is 10.8. The first-order chi connectivity index (χ1) is 7.43. The Bertz CT molecular complexity index is 269. The van der Waals surface area contributed by atoms with Crippen LogP contribution in [0.3, 0.4) is 0 Å². The van der Waals surface area contributed by atoms with Gasteiger partial charge in [0.2, 0.25) is 0 Å². The molecular formula is C13H19NO. The minimum atomic E-state index is 0.293. The van der Waals surface area contributed by atoms with Gasteiger partial charge in [0.05, 0.1) is 0 Å². The van der Waals surface area contributed by atoms with E-state index in [0.29, 0.717) is 6.61 Å². The molecule has 0 saturated carbocycles. The van der Waals surface area contributed by atoms with Crippen LogP contribution in [0.5, 0.6) is 0 Å². The molecule has 2 N–H and O–H groups in total. The summed E-state index contributed by atoms with van der Waals surface area (Å²) in [5.74, 6) is 0. The van der Waals surface area contributed by atoms with Crippen LogP contribution >= 0.6 is 0 Å². The van der Waals surface area contributed by atoms with Crippen LogP contribution in [0.4, 0.5) is 0 Å². The molecule has 0 atom stereocenters. The fraction of sp³-hybridized carbons (Fsp3) is 0.385. The van der Waals surface area contributed by atoms with Crippen LogP contribution in [-0.4, -0.2) is 24.8 Å². The van der Waals surface area contributed by atoms with E-state index < -0.39 is 0 Å². The molecule has 0 bridgehead atoms. The molecule has 1 rings (SSSR count). The van der Waals surface area contributed by atoms with Gasteiger partial charge in [-0.05, 0) is 24.9 Å². The predicted octanol–water partition coefficient (Wildman–Crippen LogP) is 2.06. The van der Waals surface area contributed by atoms with Crippen LogP contribution in [0, 0.1) is 0 Å². The monoisotopic (exact) mass is 205 g/mol. The van der Waals surface area contributed by atoms with Gasteiger partial charge in [0.15, 0.2) is 0 Å². The Morgan fingerprint density at radius 2 is 1.93 bits per heavy atom. The van der Waals surface area contributed by atoms with E-state index in [4.69, 9.17) is 5.11 Å². The standard InChI is InChI=1S/C13H19NO/c15-12-5-4-10-14-11-6-9-13-7-2-1-3-8-13/h1-3,6-9,14-15H,4-5,10-12H2. The number of hydrogen-bond acceptors (Lipinski definition) is 2. The lowest BCUT2D eigenvalue weighted by Crippen LogP contribution is -2.15. The first kappa shape index (κ1) is 12.0. The molecule has 0 amide bonds. The van der Waals surface area contributed by atoms with Crippen molar-refractivity contribution in [1.82, 2.24) is 5.32 Å². The van der Waals surface area contributed by atoms with Gasteiger partial charge in [-0.1, -0.05) is 42.5 Å². The van der Waals surface area contributed by atoms with Crippen molar-refractivity contribution in [2.45, 2.75) is 12.8 Å². The van der Waals surface area contributed by atoms with Gasteiger partial charge >= 0.3 is 0 Å². The Morgan fingerprint density at radius 1 is 1.13 bits per heavy atom. The predicted molar refractivity (Wildman–Crippen MR) is 64.7 cm³/mol. The van der Waals surface area contributed by atoms with Gasteiger partial charge in [0.25, 0.3) is 0 Å². The third-order valence-corrected chi connectivity index (χ3v) is 2.13. The summed E-state index contributed by atoms with van der Waals surface area (Å²) in [4.78, 5) is 0. The van der Waals surface area contributed by atoms with Gasteiger partial charge in [-0.3, -0.25) is 0 Å². The maximum atomic E-state index is 8.58. The Kier molecular flexibility index (Phi) is 6.54. The van der Waals surface area contributed by atoms with Crippen molar-refractivity contribution in [3.63, 3.8) is 0 Å². The number of unbranched alkanes of at least 4 members (excludes halogenated alkanes) is 1. The van der Waals surface area contributed by atoms with E-state index in [1.54, 1.807) is 0 Å². The van der Waals surface area contributed by atoms with Crippen molar-refractivity contribution < 1.29 is 5.11 Å². The van der Waals surface area contributed by atoms with E-state index in [9.17, 15) is 0 Å². The summed E-state index contributed by atoms with van der Waals surface area (Å²) >= 11 is 0. The molecular weight excluding hydrogens is 186 g/mol. The molecule has 0 heterocycles. The molecule has 0 spiro atoms. The van der Waals surface area contributed by atoms with Crippen LogP contribution in [0.1, 0.15) is 18.4 Å². The Balaban J connectivity index is 2.07. The quantitative estimate of drug-likeness (QED) is 0.668. The van der Waals surface area contributed by atoms with Gasteiger partial charge in [-0.2, -0.15) is 0 Å². The zero-order valence-corrected chi connectivity index (χ0v) is 9.02. The molecule has 15 heavy (non-hydrogen) atoms. The summed E-state index contributed by atoms with van der Waals surface area (Å²) < 4.78 is 0. The van der Waals surface area contributed by atoms with Crippen molar-refractivity contribution in [2.75, 3.05) is 19.7 Å². The molecule has 0 aliphatic heterocycles. The van der Waals surface area contributed by atoms with E-state index in [0.717, 1.165) is 25.9 Å². The maximum absolute atomic E-state index is 8.58. The van der Waals surface area contributed by atoms with Crippen LogP contribution in [0.25, 0.3) is 6.08 Å². The molecule has 0 aliphatic carbocycles. The van der Waals surface area contributed by atoms with Crippen LogP contribution in [0.2, 0.25) is 0 Å². The first-order valence-electron chi connectivity index (χ1n) is 5.46. The fourth-order valence-electron chi connectivity index (χ4n) is 1.31. The molecule has 82 valence electrons. The molecule has 0 aliphatic rings. The Labute approximate surface area is 91.6 Å². The SMILES string of the molecule is OCCCCNCC=Cc1ccccc1. The van der Waals surface area contributed by atoms with Crippen molar-refractivity contribution >= 4 is 6.08 Å². The largest absolute Gasteiger partial charge is 0.396 e. The van der Waals surface area contributed by atoms with Crippen molar-refractivity contribution in [3.05, 3.63) is 42.0 Å². The van der Waals surface area contributed by atoms with Gasteiger partial charge < -0.3 is 10.4 Å². The minimum absolute atomic E-state index is 0.293. The number of aliphatic hydroxyl groups is 1. The number of rotatable bonds is 7. The normalized spacial score (nSPS) is 11.0. The maximum Gasteiger partial charge on any atom is 0.0431 e. The smallest absolute Gasteiger partial charge is 0.0431 e. The van der Waals surface area contributed by atoms with E-state index in [1.165, 1.54) is 5.56 Å². The van der Waals surface area contributed by atoms with Crippen LogP contribution in [-0.2, 0) is 0 Å². The second-order valence-corrected chi connectivity index (χ2v) is 3.45. The second-order valence-electron chi connectivity index (χ2n) is 3.45. The highest BCUT2D eigenvalue weighted by Crippen LogP contribution is 1.99. The number of benzene rings is 1. The number of nitrogens with one attached hydrogen (secondary N) is 1. The highest BCUT2D eigenvalue weighted by Gasteiger charge is 1.85. The summed E-state index contributed by atoms with van der Waals surface area (Å²) in [7, 11) is 0. The Morgan fingerprint density at radius 3 is 2.67 bits per heavy atom. The number of hydrogen-bond donors (Lipinski definition) is 2. The van der Waals surface area contributed by atoms with E-state index >= 15 is 0 Å². The molecule has 1 aromatic carbocycles. The zero-order valence-electron chi connectivity index (χ0n) is 9.02. The summed E-state index contributed by atoms with van der Waals surface area (Å²) in [6.45, 7) is 2.15. The lowest BCUT2D eigenvalue weighted by atomic mass is 10.2. The van der Waals surface area contributed by atoms with Gasteiger partial charge in [0.1, 0.15) is 0 Å². The van der Waals surface area contributed by atoms with Crippen molar-refractivity contribution in [2.24, 2.45) is 0 Å². The van der Waals surface area contributed by atoms with Gasteiger partial charge in [-0.15, -0.1) is 0 Å². The van der Waals surface area contributed by atoms with Crippen molar-refractivity contribution in [3.8, 4) is 0 Å². The molecule has 2 nitrogen and oxygen atoms in total. The van der Waals surface area contributed by atoms with Crippen LogP contribution in [0.15, 0.2) is 36.4 Å². The van der Waals surface area contributed by atoms with Crippen molar-refractivity contribution in [1.29, 1.82) is 0 Å². The fourth-order valence-corrected chi connectivity index (χ4v) is 1.31. The van der Waals surface area contributed by atoms with E-state index in [2.05, 4.69) is 29.6 Å². The number of aliphatic hydroxyl groups excluding tert-OH is 1. The van der Waals surface area contributed by atoms with E-state index in [1.807, 2.05) is 18.2 Å². The molecule has 0 aromatic heterocycles. The Hall–Kier alpha value is -1.12. The second kappa shape index (κ2) is 8.21. The lowest BCUT2D eigenvalue weighted by Gasteiger charge is -1.99. The average Bonchev–Trinajstić information content (AvgIpc) is 2.29. The van der Waals surface area contributed by atoms with Crippen LogP contribution < -0.4 is 5.32 Å². The molecule has 1 aromatic rings. The minimum Gasteiger partial charge on any atom is -0.396 e. The van der Waals surface area contributed by atoms with E-state index in [-0.39, 0.29) is 0 Å². The average molecular weight is 205 g/mol. The summed E-state index contributed by atoms with van der Waals surface area (Å²) in [6.07, 6.45) is 6.15. The first-order valence-corrected chi connectivity index (χ1v) is 5.46. The molecule has 0 saturated heterocycles. The molecule has 0 radical (unpaired) electrons. The topological polar surface area (TPSA) is 32.3 Å². The summed E-state index contributed by atoms with van der Waals surface area (Å²) in [5.41, 5.74) is 1.23. The molecule has 2 heteroatoms. The molecule has 0 fully saturated rings. The van der Waals surface area contributed by atoms with Gasteiger partial charge in [0, 0.05) is 13.2 Å². The summed E-state index contributed by atoms with van der Waals surface area (Å²) in [6, 6.07) is 10.3. The molecule has 0 unspecified atom stereocenters. The third-order valence-electron chi connectivity index (χ3n) is 2.13.